The van der Waals surface area contributed by atoms with Gasteiger partial charge in [0.25, 0.3) is 0 Å². The average Bonchev–Trinajstić information content (AvgIpc) is 2.37. The van der Waals surface area contributed by atoms with Crippen molar-refractivity contribution in [3.8, 4) is 0 Å². The quantitative estimate of drug-likeness (QED) is 0.728. The lowest BCUT2D eigenvalue weighted by Gasteiger charge is -2.36. The lowest BCUT2D eigenvalue weighted by atomic mass is 10.2. The van der Waals surface area contributed by atoms with Crippen LogP contribution < -0.4 is 15.5 Å². The fourth-order valence-corrected chi connectivity index (χ4v) is 2.02. The second-order valence-corrected chi connectivity index (χ2v) is 4.84. The van der Waals surface area contributed by atoms with Crippen LogP contribution >= 0.6 is 0 Å². The van der Waals surface area contributed by atoms with E-state index in [1.807, 2.05) is 25.9 Å². The molecule has 0 aliphatic carbocycles. The van der Waals surface area contributed by atoms with Crippen LogP contribution in [0.3, 0.4) is 0 Å². The summed E-state index contributed by atoms with van der Waals surface area (Å²) in [5.74, 6) is 1.22. The maximum absolute atomic E-state index is 9.23. The number of aromatic nitrogens is 3. The molecule has 2 atom stereocenters. The number of nitrogens with two attached hydrogens (primary N) is 1. The van der Waals surface area contributed by atoms with Crippen LogP contribution in [-0.2, 0) is 4.74 Å². The maximum atomic E-state index is 9.23. The minimum Gasteiger partial charge on any atom is -0.394 e. The highest BCUT2D eigenvalue weighted by Crippen LogP contribution is 2.19. The molecule has 0 saturated carbocycles. The number of aliphatic hydroxyl groups excluding tert-OH is 1. The molecule has 2 rings (SSSR count). The molecular weight excluding hydrogens is 248 g/mol. The predicted octanol–water partition coefficient (Wildman–Crippen LogP) is -0.894. The zero-order valence-corrected chi connectivity index (χ0v) is 11.4. The van der Waals surface area contributed by atoms with Gasteiger partial charge in [-0.3, -0.25) is 0 Å². The molecule has 1 aromatic rings. The number of hydrogen-bond donors (Lipinski definition) is 2. The molecule has 2 heterocycles. The van der Waals surface area contributed by atoms with Crippen LogP contribution in [0.1, 0.15) is 6.92 Å². The van der Waals surface area contributed by atoms with E-state index >= 15 is 0 Å². The van der Waals surface area contributed by atoms with E-state index in [-0.39, 0.29) is 24.8 Å². The van der Waals surface area contributed by atoms with Gasteiger partial charge in [-0.1, -0.05) is 0 Å². The van der Waals surface area contributed by atoms with E-state index in [1.54, 1.807) is 4.90 Å². The summed E-state index contributed by atoms with van der Waals surface area (Å²) >= 11 is 0. The van der Waals surface area contributed by atoms with E-state index in [9.17, 15) is 5.11 Å². The molecule has 0 bridgehead atoms. The fourth-order valence-electron chi connectivity index (χ4n) is 2.02. The van der Waals surface area contributed by atoms with Gasteiger partial charge in [-0.05, 0) is 6.92 Å². The Kier molecular flexibility index (Phi) is 4.01. The molecule has 8 nitrogen and oxygen atoms in total. The van der Waals surface area contributed by atoms with Gasteiger partial charge in [-0.25, -0.2) is 0 Å². The van der Waals surface area contributed by atoms with Crippen LogP contribution in [0.4, 0.5) is 17.8 Å². The van der Waals surface area contributed by atoms with Crippen LogP contribution in [0.5, 0.6) is 0 Å². The summed E-state index contributed by atoms with van der Waals surface area (Å²) in [7, 11) is 3.69. The largest absolute Gasteiger partial charge is 0.394 e. The van der Waals surface area contributed by atoms with E-state index in [4.69, 9.17) is 10.5 Å². The first-order chi connectivity index (χ1) is 8.99. The number of rotatable bonds is 3. The van der Waals surface area contributed by atoms with Gasteiger partial charge >= 0.3 is 0 Å². The molecule has 1 saturated heterocycles. The smallest absolute Gasteiger partial charge is 0.232 e. The number of nitrogen functional groups attached to an aromatic ring is 1. The number of nitrogens with zero attached hydrogens (tertiary/aromatic N) is 5. The maximum Gasteiger partial charge on any atom is 0.232 e. The Morgan fingerprint density at radius 3 is 2.74 bits per heavy atom. The SMILES string of the molecule is CC1CN(c2nc(N)nc(N(C)C)n2)CC(CO)O1. The molecule has 8 heteroatoms. The third kappa shape index (κ3) is 3.21. The van der Waals surface area contributed by atoms with E-state index < -0.39 is 0 Å². The van der Waals surface area contributed by atoms with Crippen LogP contribution in [0.25, 0.3) is 0 Å². The Bertz CT molecular complexity index is 441. The summed E-state index contributed by atoms with van der Waals surface area (Å²) in [6, 6.07) is 0. The lowest BCUT2D eigenvalue weighted by Crippen LogP contribution is -2.48. The van der Waals surface area contributed by atoms with Crippen molar-refractivity contribution in [2.24, 2.45) is 0 Å². The average molecular weight is 268 g/mol. The molecule has 0 amide bonds. The standard InChI is InChI=1S/C11H20N6O2/c1-7-4-17(5-8(6-18)19-7)11-14-9(12)13-10(15-11)16(2)3/h7-8,18H,4-6H2,1-3H3,(H2,12,13,14,15). The second-order valence-electron chi connectivity index (χ2n) is 4.84. The molecule has 1 aliphatic rings. The van der Waals surface area contributed by atoms with Gasteiger partial charge in [-0.15, -0.1) is 0 Å². The van der Waals surface area contributed by atoms with Gasteiger partial charge in [0.1, 0.15) is 0 Å². The van der Waals surface area contributed by atoms with E-state index in [0.29, 0.717) is 25.0 Å². The van der Waals surface area contributed by atoms with Crippen molar-refractivity contribution in [2.45, 2.75) is 19.1 Å². The molecular formula is C11H20N6O2. The summed E-state index contributed by atoms with van der Waals surface area (Å²) in [6.45, 7) is 3.12. The number of hydrogen-bond acceptors (Lipinski definition) is 8. The molecule has 0 spiro atoms. The molecule has 1 aromatic heterocycles. The normalized spacial score (nSPS) is 23.5. The van der Waals surface area contributed by atoms with Crippen molar-refractivity contribution >= 4 is 17.8 Å². The first-order valence-corrected chi connectivity index (χ1v) is 6.19. The monoisotopic (exact) mass is 268 g/mol. The number of morpholine rings is 1. The molecule has 0 radical (unpaired) electrons. The molecule has 3 N–H and O–H groups in total. The first-order valence-electron chi connectivity index (χ1n) is 6.19. The van der Waals surface area contributed by atoms with Gasteiger partial charge in [0.15, 0.2) is 0 Å². The van der Waals surface area contributed by atoms with Gasteiger partial charge in [-0.2, -0.15) is 15.0 Å². The third-order valence-corrected chi connectivity index (χ3v) is 2.84. The summed E-state index contributed by atoms with van der Waals surface area (Å²) in [4.78, 5) is 16.3. The van der Waals surface area contributed by atoms with E-state index in [1.165, 1.54) is 0 Å². The van der Waals surface area contributed by atoms with Crippen molar-refractivity contribution in [1.29, 1.82) is 0 Å². The fraction of sp³-hybridized carbons (Fsp3) is 0.727. The third-order valence-electron chi connectivity index (χ3n) is 2.84. The van der Waals surface area contributed by atoms with Crippen molar-refractivity contribution in [3.63, 3.8) is 0 Å². The minimum atomic E-state index is -0.232. The molecule has 2 unspecified atom stereocenters. The molecule has 1 aliphatic heterocycles. The van der Waals surface area contributed by atoms with Crippen LogP contribution in [0.2, 0.25) is 0 Å². The van der Waals surface area contributed by atoms with E-state index in [0.717, 1.165) is 0 Å². The number of anilines is 3. The zero-order chi connectivity index (χ0) is 14.0. The number of ether oxygens (including phenoxy) is 1. The highest BCUT2D eigenvalue weighted by molar-refractivity contribution is 5.43. The summed E-state index contributed by atoms with van der Waals surface area (Å²) < 4.78 is 5.59. The van der Waals surface area contributed by atoms with Crippen molar-refractivity contribution in [2.75, 3.05) is 49.3 Å². The van der Waals surface area contributed by atoms with Gasteiger partial charge in [0.05, 0.1) is 18.8 Å². The lowest BCUT2D eigenvalue weighted by molar-refractivity contribution is -0.0425. The van der Waals surface area contributed by atoms with Crippen LogP contribution in [0, 0.1) is 0 Å². The summed E-state index contributed by atoms with van der Waals surface area (Å²) in [6.07, 6.45) is -0.226. The van der Waals surface area contributed by atoms with Gasteiger partial charge in [0, 0.05) is 27.2 Å². The zero-order valence-electron chi connectivity index (χ0n) is 11.4. The summed E-state index contributed by atoms with van der Waals surface area (Å²) in [5, 5.41) is 9.23. The Morgan fingerprint density at radius 2 is 2.11 bits per heavy atom. The van der Waals surface area contributed by atoms with Crippen LogP contribution in [0.15, 0.2) is 0 Å². The Balaban J connectivity index is 2.25. The van der Waals surface area contributed by atoms with Gasteiger partial charge < -0.3 is 25.4 Å². The minimum absolute atomic E-state index is 0.00620. The predicted molar refractivity (Wildman–Crippen MR) is 72.2 cm³/mol. The topological polar surface area (TPSA) is 101 Å². The Morgan fingerprint density at radius 1 is 1.37 bits per heavy atom. The van der Waals surface area contributed by atoms with E-state index in [2.05, 4.69) is 15.0 Å². The highest BCUT2D eigenvalue weighted by atomic mass is 16.5. The molecule has 0 aromatic carbocycles. The molecule has 19 heavy (non-hydrogen) atoms. The highest BCUT2D eigenvalue weighted by Gasteiger charge is 2.27. The van der Waals surface area contributed by atoms with Gasteiger partial charge in [0.2, 0.25) is 17.8 Å². The second kappa shape index (κ2) is 5.54. The molecule has 1 fully saturated rings. The Labute approximate surface area is 112 Å². The first kappa shape index (κ1) is 13.8. The van der Waals surface area contributed by atoms with Crippen molar-refractivity contribution in [1.82, 2.24) is 15.0 Å². The van der Waals surface area contributed by atoms with Crippen molar-refractivity contribution < 1.29 is 9.84 Å². The molecule has 106 valence electrons. The summed E-state index contributed by atoms with van der Waals surface area (Å²) in [5.41, 5.74) is 5.71. The van der Waals surface area contributed by atoms with Crippen LogP contribution in [-0.4, -0.2) is 66.1 Å². The Hall–Kier alpha value is -1.67. The van der Waals surface area contributed by atoms with Crippen molar-refractivity contribution in [3.05, 3.63) is 0 Å². The number of aliphatic hydroxyl groups is 1.